The van der Waals surface area contributed by atoms with E-state index in [1.54, 1.807) is 6.92 Å². The average molecular weight is 194 g/mol. The number of hydrogen-bond donors (Lipinski definition) is 1. The topological polar surface area (TPSA) is 37.3 Å². The molecule has 0 saturated heterocycles. The van der Waals surface area contributed by atoms with Gasteiger partial charge in [0.2, 0.25) is 0 Å². The van der Waals surface area contributed by atoms with Crippen molar-refractivity contribution in [3.05, 3.63) is 23.3 Å². The third kappa shape index (κ3) is 2.47. The highest BCUT2D eigenvalue weighted by molar-refractivity contribution is 5.85. The second-order valence-corrected chi connectivity index (χ2v) is 4.18. The highest BCUT2D eigenvalue weighted by Gasteiger charge is 2.20. The van der Waals surface area contributed by atoms with Gasteiger partial charge in [0.1, 0.15) is 0 Å². The molecule has 2 heteroatoms. The van der Waals surface area contributed by atoms with E-state index in [0.717, 1.165) is 12.8 Å². The van der Waals surface area contributed by atoms with Gasteiger partial charge in [-0.15, -0.1) is 0 Å². The molecule has 2 unspecified atom stereocenters. The van der Waals surface area contributed by atoms with Crippen molar-refractivity contribution < 1.29 is 9.90 Å². The minimum absolute atomic E-state index is 0.319. The van der Waals surface area contributed by atoms with E-state index in [9.17, 15) is 4.79 Å². The molecule has 0 aliphatic heterocycles. The summed E-state index contributed by atoms with van der Waals surface area (Å²) in [6.45, 7) is 5.94. The minimum atomic E-state index is -0.810. The lowest BCUT2D eigenvalue weighted by atomic mass is 9.79. The smallest absolute Gasteiger partial charge is 0.330 e. The maximum Gasteiger partial charge on any atom is 0.330 e. The molecule has 0 spiro atoms. The van der Waals surface area contributed by atoms with E-state index in [4.69, 9.17) is 5.11 Å². The summed E-state index contributed by atoms with van der Waals surface area (Å²) in [6, 6.07) is 0. The first-order valence-electron chi connectivity index (χ1n) is 5.10. The number of carboxylic acid groups (broad SMARTS) is 1. The number of rotatable bonds is 2. The number of aliphatic carboxylic acids is 1. The van der Waals surface area contributed by atoms with Crippen molar-refractivity contribution in [2.45, 2.75) is 33.6 Å². The predicted octanol–water partition coefficient (Wildman–Crippen LogP) is 3.01. The molecule has 0 radical (unpaired) electrons. The SMILES string of the molecule is CC1=CCCC(C)C1/C=C(/C)C(=O)O. The Morgan fingerprint density at radius 2 is 2.29 bits per heavy atom. The maximum absolute atomic E-state index is 10.7. The molecular weight excluding hydrogens is 176 g/mol. The van der Waals surface area contributed by atoms with E-state index in [-0.39, 0.29) is 0 Å². The molecule has 0 fully saturated rings. The van der Waals surface area contributed by atoms with Gasteiger partial charge in [-0.3, -0.25) is 0 Å². The van der Waals surface area contributed by atoms with Gasteiger partial charge in [-0.25, -0.2) is 4.79 Å². The molecule has 0 aromatic carbocycles. The van der Waals surface area contributed by atoms with Crippen LogP contribution in [0.25, 0.3) is 0 Å². The van der Waals surface area contributed by atoms with Gasteiger partial charge in [-0.05, 0) is 32.6 Å². The Kier molecular flexibility index (Phi) is 3.50. The summed E-state index contributed by atoms with van der Waals surface area (Å²) >= 11 is 0. The maximum atomic E-state index is 10.7. The summed E-state index contributed by atoms with van der Waals surface area (Å²) < 4.78 is 0. The second kappa shape index (κ2) is 4.45. The van der Waals surface area contributed by atoms with Crippen LogP contribution in [0.2, 0.25) is 0 Å². The van der Waals surface area contributed by atoms with Gasteiger partial charge in [0, 0.05) is 11.5 Å². The van der Waals surface area contributed by atoms with Crippen molar-refractivity contribution >= 4 is 5.97 Å². The minimum Gasteiger partial charge on any atom is -0.478 e. The number of hydrogen-bond acceptors (Lipinski definition) is 1. The summed E-state index contributed by atoms with van der Waals surface area (Å²) in [5.41, 5.74) is 1.76. The summed E-state index contributed by atoms with van der Waals surface area (Å²) in [6.07, 6.45) is 6.39. The van der Waals surface area contributed by atoms with Crippen LogP contribution in [0, 0.1) is 11.8 Å². The fourth-order valence-corrected chi connectivity index (χ4v) is 1.97. The molecule has 2 nitrogen and oxygen atoms in total. The molecule has 14 heavy (non-hydrogen) atoms. The first-order chi connectivity index (χ1) is 6.52. The molecule has 0 amide bonds. The highest BCUT2D eigenvalue weighted by atomic mass is 16.4. The van der Waals surface area contributed by atoms with E-state index in [1.807, 2.05) is 6.08 Å². The molecule has 0 bridgehead atoms. The zero-order chi connectivity index (χ0) is 10.7. The van der Waals surface area contributed by atoms with E-state index in [0.29, 0.717) is 17.4 Å². The number of carboxylic acids is 1. The number of allylic oxidation sites excluding steroid dienone is 3. The predicted molar refractivity (Wildman–Crippen MR) is 57.0 cm³/mol. The van der Waals surface area contributed by atoms with E-state index < -0.39 is 5.97 Å². The van der Waals surface area contributed by atoms with Crippen molar-refractivity contribution in [2.75, 3.05) is 0 Å². The average Bonchev–Trinajstić information content (AvgIpc) is 2.11. The van der Waals surface area contributed by atoms with Gasteiger partial charge in [0.05, 0.1) is 0 Å². The Labute approximate surface area is 85.3 Å². The molecule has 1 aliphatic carbocycles. The summed E-state index contributed by atoms with van der Waals surface area (Å²) in [5.74, 6) is 0.0738. The molecule has 0 aromatic rings. The lowest BCUT2D eigenvalue weighted by Crippen LogP contribution is -2.16. The summed E-state index contributed by atoms with van der Waals surface area (Å²) in [5, 5.41) is 8.80. The molecule has 0 heterocycles. The van der Waals surface area contributed by atoms with Crippen molar-refractivity contribution in [2.24, 2.45) is 11.8 Å². The second-order valence-electron chi connectivity index (χ2n) is 4.18. The van der Waals surface area contributed by atoms with Crippen LogP contribution in [0.15, 0.2) is 23.3 Å². The van der Waals surface area contributed by atoms with Crippen molar-refractivity contribution in [1.82, 2.24) is 0 Å². The lowest BCUT2D eigenvalue weighted by molar-refractivity contribution is -0.132. The third-order valence-electron chi connectivity index (χ3n) is 2.99. The Hall–Kier alpha value is -1.05. The third-order valence-corrected chi connectivity index (χ3v) is 2.99. The van der Waals surface area contributed by atoms with Gasteiger partial charge in [0.25, 0.3) is 0 Å². The van der Waals surface area contributed by atoms with Crippen LogP contribution in [0.3, 0.4) is 0 Å². The Balaban J connectivity index is 2.85. The first kappa shape index (κ1) is 11.0. The summed E-state index contributed by atoms with van der Waals surface area (Å²) in [4.78, 5) is 10.7. The Morgan fingerprint density at radius 1 is 1.64 bits per heavy atom. The largest absolute Gasteiger partial charge is 0.478 e. The normalized spacial score (nSPS) is 28.5. The van der Waals surface area contributed by atoms with Crippen molar-refractivity contribution in [3.63, 3.8) is 0 Å². The van der Waals surface area contributed by atoms with Crippen LogP contribution in [-0.4, -0.2) is 11.1 Å². The molecule has 1 aliphatic rings. The van der Waals surface area contributed by atoms with Gasteiger partial charge in [-0.2, -0.15) is 0 Å². The Bertz CT molecular complexity index is 287. The first-order valence-corrected chi connectivity index (χ1v) is 5.10. The molecule has 1 rings (SSSR count). The van der Waals surface area contributed by atoms with Crippen LogP contribution >= 0.6 is 0 Å². The van der Waals surface area contributed by atoms with Gasteiger partial charge in [-0.1, -0.05) is 24.6 Å². The van der Waals surface area contributed by atoms with Crippen LogP contribution in [0.4, 0.5) is 0 Å². The van der Waals surface area contributed by atoms with Gasteiger partial charge >= 0.3 is 5.97 Å². The molecular formula is C12H18O2. The van der Waals surface area contributed by atoms with Crippen LogP contribution in [-0.2, 0) is 4.79 Å². The molecule has 0 aromatic heterocycles. The van der Waals surface area contributed by atoms with Crippen LogP contribution in [0.1, 0.15) is 33.6 Å². The van der Waals surface area contributed by atoms with Gasteiger partial charge in [0.15, 0.2) is 0 Å². The van der Waals surface area contributed by atoms with E-state index in [2.05, 4.69) is 19.9 Å². The lowest BCUT2D eigenvalue weighted by Gasteiger charge is -2.26. The quantitative estimate of drug-likeness (QED) is 0.542. The van der Waals surface area contributed by atoms with Crippen LogP contribution < -0.4 is 0 Å². The monoisotopic (exact) mass is 194 g/mol. The number of carbonyl (C=O) groups is 1. The zero-order valence-electron chi connectivity index (χ0n) is 9.08. The molecule has 78 valence electrons. The van der Waals surface area contributed by atoms with Crippen molar-refractivity contribution in [1.29, 1.82) is 0 Å². The van der Waals surface area contributed by atoms with E-state index in [1.165, 1.54) is 5.57 Å². The van der Waals surface area contributed by atoms with Gasteiger partial charge < -0.3 is 5.11 Å². The fourth-order valence-electron chi connectivity index (χ4n) is 1.97. The fraction of sp³-hybridized carbons (Fsp3) is 0.583. The molecule has 2 atom stereocenters. The van der Waals surface area contributed by atoms with Crippen molar-refractivity contribution in [3.8, 4) is 0 Å². The zero-order valence-corrected chi connectivity index (χ0v) is 9.08. The highest BCUT2D eigenvalue weighted by Crippen LogP contribution is 2.31. The molecule has 0 saturated carbocycles. The standard InChI is InChI=1S/C12H18O2/c1-8-5-4-6-9(2)11(8)7-10(3)12(13)14/h5,7,9,11H,4,6H2,1-3H3,(H,13,14)/b10-7-. The molecule has 1 N–H and O–H groups in total. The summed E-state index contributed by atoms with van der Waals surface area (Å²) in [7, 11) is 0. The Morgan fingerprint density at radius 3 is 2.79 bits per heavy atom. The van der Waals surface area contributed by atoms with E-state index >= 15 is 0 Å². The van der Waals surface area contributed by atoms with Crippen LogP contribution in [0.5, 0.6) is 0 Å².